The summed E-state index contributed by atoms with van der Waals surface area (Å²) in [5.74, 6) is -0.430. The molecule has 0 saturated carbocycles. The smallest absolute Gasteiger partial charge is 0.340 e. The van der Waals surface area contributed by atoms with Crippen LogP contribution in [0.4, 0.5) is 11.4 Å². The fraction of sp³-hybridized carbons (Fsp3) is 0.200. The van der Waals surface area contributed by atoms with Crippen LogP contribution in [-0.4, -0.2) is 24.6 Å². The fourth-order valence-corrected chi connectivity index (χ4v) is 1.90. The first-order valence-corrected chi connectivity index (χ1v) is 6.32. The van der Waals surface area contributed by atoms with Gasteiger partial charge in [-0.1, -0.05) is 6.07 Å². The molecule has 2 rings (SSSR count). The number of aromatic nitrogens is 1. The van der Waals surface area contributed by atoms with Crippen molar-refractivity contribution in [1.82, 2.24) is 4.98 Å². The summed E-state index contributed by atoms with van der Waals surface area (Å²) in [4.78, 5) is 15.5. The highest BCUT2D eigenvalue weighted by Crippen LogP contribution is 2.23. The van der Waals surface area contributed by atoms with E-state index in [0.29, 0.717) is 11.3 Å². The maximum Gasteiger partial charge on any atom is 0.340 e. The van der Waals surface area contributed by atoms with Crippen molar-refractivity contribution < 1.29 is 9.53 Å². The SMILES string of the molecule is COC(=O)c1cccc(NCCc2ccncc2)c1N. The fourth-order valence-electron chi connectivity index (χ4n) is 1.90. The molecule has 0 aliphatic rings. The van der Waals surface area contributed by atoms with Crippen molar-refractivity contribution in [2.24, 2.45) is 0 Å². The number of pyridine rings is 1. The monoisotopic (exact) mass is 271 g/mol. The lowest BCUT2D eigenvalue weighted by atomic mass is 10.1. The third-order valence-corrected chi connectivity index (χ3v) is 2.99. The molecular weight excluding hydrogens is 254 g/mol. The highest BCUT2D eigenvalue weighted by molar-refractivity contribution is 5.98. The molecule has 1 aromatic heterocycles. The number of nitrogens with two attached hydrogens (primary N) is 1. The van der Waals surface area contributed by atoms with E-state index in [0.717, 1.165) is 18.7 Å². The number of methoxy groups -OCH3 is 1. The second kappa shape index (κ2) is 6.56. The number of esters is 1. The Kier molecular flexibility index (Phi) is 4.55. The summed E-state index contributed by atoms with van der Waals surface area (Å²) in [6.07, 6.45) is 4.38. The molecule has 3 N–H and O–H groups in total. The largest absolute Gasteiger partial charge is 0.465 e. The Morgan fingerprint density at radius 1 is 1.30 bits per heavy atom. The van der Waals surface area contributed by atoms with E-state index in [1.54, 1.807) is 24.5 Å². The molecule has 0 spiro atoms. The number of nitrogens with zero attached hydrogens (tertiary/aromatic N) is 1. The number of nitrogens with one attached hydrogen (secondary N) is 1. The molecule has 0 aliphatic carbocycles. The average Bonchev–Trinajstić information content (AvgIpc) is 2.49. The predicted molar refractivity (Wildman–Crippen MR) is 78.6 cm³/mol. The summed E-state index contributed by atoms with van der Waals surface area (Å²) in [6.45, 7) is 0.721. The van der Waals surface area contributed by atoms with E-state index in [4.69, 9.17) is 10.5 Å². The molecule has 0 unspecified atom stereocenters. The Hall–Kier alpha value is -2.56. The third kappa shape index (κ3) is 3.26. The second-order valence-electron chi connectivity index (χ2n) is 4.29. The number of nitrogen functional groups attached to an aromatic ring is 1. The number of hydrogen-bond acceptors (Lipinski definition) is 5. The molecule has 0 fully saturated rings. The minimum atomic E-state index is -0.430. The van der Waals surface area contributed by atoms with E-state index in [1.165, 1.54) is 12.7 Å². The van der Waals surface area contributed by atoms with Crippen LogP contribution in [0.3, 0.4) is 0 Å². The van der Waals surface area contributed by atoms with E-state index in [2.05, 4.69) is 10.3 Å². The molecule has 0 aliphatic heterocycles. The lowest BCUT2D eigenvalue weighted by molar-refractivity contribution is 0.0602. The third-order valence-electron chi connectivity index (χ3n) is 2.99. The van der Waals surface area contributed by atoms with Crippen LogP contribution in [0.2, 0.25) is 0 Å². The van der Waals surface area contributed by atoms with E-state index < -0.39 is 5.97 Å². The molecule has 0 radical (unpaired) electrons. The molecular formula is C15H17N3O2. The summed E-state index contributed by atoms with van der Waals surface area (Å²) < 4.78 is 4.69. The number of rotatable bonds is 5. The van der Waals surface area contributed by atoms with Gasteiger partial charge >= 0.3 is 5.97 Å². The Morgan fingerprint density at radius 3 is 2.75 bits per heavy atom. The van der Waals surface area contributed by atoms with Crippen molar-refractivity contribution in [3.63, 3.8) is 0 Å². The quantitative estimate of drug-likeness (QED) is 0.643. The highest BCUT2D eigenvalue weighted by Gasteiger charge is 2.12. The summed E-state index contributed by atoms with van der Waals surface area (Å²) in [6, 6.07) is 9.20. The van der Waals surface area contributed by atoms with Gasteiger partial charge in [0.2, 0.25) is 0 Å². The first kappa shape index (κ1) is 13.9. The van der Waals surface area contributed by atoms with Crippen molar-refractivity contribution in [2.75, 3.05) is 24.7 Å². The molecule has 5 nitrogen and oxygen atoms in total. The number of hydrogen-bond donors (Lipinski definition) is 2. The van der Waals surface area contributed by atoms with Gasteiger partial charge in [-0.15, -0.1) is 0 Å². The molecule has 5 heteroatoms. The van der Waals surface area contributed by atoms with Gasteiger partial charge in [0.1, 0.15) is 0 Å². The van der Waals surface area contributed by atoms with Crippen LogP contribution in [0.25, 0.3) is 0 Å². The zero-order chi connectivity index (χ0) is 14.4. The van der Waals surface area contributed by atoms with Crippen molar-refractivity contribution in [3.05, 3.63) is 53.9 Å². The van der Waals surface area contributed by atoms with Gasteiger partial charge in [-0.05, 0) is 36.2 Å². The van der Waals surface area contributed by atoms with Gasteiger partial charge in [-0.25, -0.2) is 4.79 Å². The average molecular weight is 271 g/mol. The zero-order valence-electron chi connectivity index (χ0n) is 11.3. The van der Waals surface area contributed by atoms with Gasteiger partial charge in [-0.3, -0.25) is 4.98 Å². The number of benzene rings is 1. The minimum Gasteiger partial charge on any atom is -0.465 e. The van der Waals surface area contributed by atoms with E-state index in [-0.39, 0.29) is 0 Å². The van der Waals surface area contributed by atoms with Crippen molar-refractivity contribution in [3.8, 4) is 0 Å². The number of para-hydroxylation sites is 1. The van der Waals surface area contributed by atoms with Crippen molar-refractivity contribution in [1.29, 1.82) is 0 Å². The number of ether oxygens (including phenoxy) is 1. The van der Waals surface area contributed by atoms with Crippen LogP contribution in [0, 0.1) is 0 Å². The Bertz CT molecular complexity index is 585. The first-order valence-electron chi connectivity index (χ1n) is 6.32. The van der Waals surface area contributed by atoms with Gasteiger partial charge in [0.05, 0.1) is 24.0 Å². The topological polar surface area (TPSA) is 77.2 Å². The zero-order valence-corrected chi connectivity index (χ0v) is 11.3. The van der Waals surface area contributed by atoms with E-state index >= 15 is 0 Å². The Labute approximate surface area is 117 Å². The van der Waals surface area contributed by atoms with Gasteiger partial charge in [-0.2, -0.15) is 0 Å². The van der Waals surface area contributed by atoms with Crippen LogP contribution in [0.1, 0.15) is 15.9 Å². The molecule has 2 aromatic rings. The molecule has 20 heavy (non-hydrogen) atoms. The lowest BCUT2D eigenvalue weighted by Crippen LogP contribution is -2.11. The van der Waals surface area contributed by atoms with Gasteiger partial charge < -0.3 is 15.8 Å². The number of anilines is 2. The molecule has 0 bridgehead atoms. The van der Waals surface area contributed by atoms with Crippen molar-refractivity contribution in [2.45, 2.75) is 6.42 Å². The molecule has 0 saturated heterocycles. The maximum atomic E-state index is 11.5. The second-order valence-corrected chi connectivity index (χ2v) is 4.29. The van der Waals surface area contributed by atoms with Crippen LogP contribution >= 0.6 is 0 Å². The Balaban J connectivity index is 2.01. The lowest BCUT2D eigenvalue weighted by Gasteiger charge is -2.11. The molecule has 104 valence electrons. The van der Waals surface area contributed by atoms with Crippen LogP contribution < -0.4 is 11.1 Å². The van der Waals surface area contributed by atoms with Gasteiger partial charge in [0.25, 0.3) is 0 Å². The summed E-state index contributed by atoms with van der Waals surface area (Å²) >= 11 is 0. The van der Waals surface area contributed by atoms with Crippen LogP contribution in [0.5, 0.6) is 0 Å². The van der Waals surface area contributed by atoms with E-state index in [1.807, 2.05) is 18.2 Å². The summed E-state index contributed by atoms with van der Waals surface area (Å²) in [5, 5.41) is 3.23. The molecule has 1 heterocycles. The van der Waals surface area contributed by atoms with E-state index in [9.17, 15) is 4.79 Å². The van der Waals surface area contributed by atoms with Gasteiger partial charge in [0.15, 0.2) is 0 Å². The summed E-state index contributed by atoms with van der Waals surface area (Å²) in [5.41, 5.74) is 8.68. The standard InChI is InChI=1S/C15H17N3O2/c1-20-15(19)12-3-2-4-13(14(12)16)18-10-7-11-5-8-17-9-6-11/h2-6,8-9,18H,7,10,16H2,1H3. The van der Waals surface area contributed by atoms with Crippen LogP contribution in [-0.2, 0) is 11.2 Å². The van der Waals surface area contributed by atoms with Crippen LogP contribution in [0.15, 0.2) is 42.7 Å². The summed E-state index contributed by atoms with van der Waals surface area (Å²) in [7, 11) is 1.34. The normalized spacial score (nSPS) is 10.1. The molecule has 0 amide bonds. The molecule has 0 atom stereocenters. The first-order chi connectivity index (χ1) is 9.72. The maximum absolute atomic E-state index is 11.5. The molecule has 1 aromatic carbocycles. The number of carbonyl (C=O) groups is 1. The van der Waals surface area contributed by atoms with Crippen molar-refractivity contribution >= 4 is 17.3 Å². The minimum absolute atomic E-state index is 0.376. The highest BCUT2D eigenvalue weighted by atomic mass is 16.5. The number of carbonyl (C=O) groups excluding carboxylic acids is 1. The predicted octanol–water partition coefficient (Wildman–Crippen LogP) is 2.10. The Morgan fingerprint density at radius 2 is 2.05 bits per heavy atom. The van der Waals surface area contributed by atoms with Gasteiger partial charge in [0, 0.05) is 18.9 Å².